The van der Waals surface area contributed by atoms with Crippen molar-refractivity contribution in [1.82, 2.24) is 15.1 Å². The number of aryl methyl sites for hydroxylation is 2. The summed E-state index contributed by atoms with van der Waals surface area (Å²) in [5.41, 5.74) is 4.49. The van der Waals surface area contributed by atoms with Crippen molar-refractivity contribution < 1.29 is 4.79 Å². The Bertz CT molecular complexity index is 587. The zero-order valence-electron chi connectivity index (χ0n) is 11.6. The molecular weight excluding hydrogens is 238 g/mol. The Hall–Kier alpha value is -2.10. The zero-order chi connectivity index (χ0) is 13.8. The Balaban J connectivity index is 2.10. The quantitative estimate of drug-likeness (QED) is 0.912. The molecule has 4 nitrogen and oxygen atoms in total. The summed E-state index contributed by atoms with van der Waals surface area (Å²) in [5, 5.41) is 7.26. The van der Waals surface area contributed by atoms with Crippen LogP contribution < -0.4 is 5.32 Å². The van der Waals surface area contributed by atoms with Crippen LogP contribution in [0.4, 0.5) is 0 Å². The van der Waals surface area contributed by atoms with Crippen molar-refractivity contribution in [3.05, 3.63) is 52.8 Å². The van der Waals surface area contributed by atoms with Gasteiger partial charge in [-0.1, -0.05) is 24.3 Å². The summed E-state index contributed by atoms with van der Waals surface area (Å²) in [6.45, 7) is 6.91. The van der Waals surface area contributed by atoms with Gasteiger partial charge in [-0.05, 0) is 31.0 Å². The molecule has 1 heterocycles. The molecule has 0 saturated carbocycles. The van der Waals surface area contributed by atoms with Crippen molar-refractivity contribution in [2.75, 3.05) is 0 Å². The molecule has 1 amide bonds. The van der Waals surface area contributed by atoms with Crippen LogP contribution in [0.2, 0.25) is 0 Å². The number of amides is 1. The van der Waals surface area contributed by atoms with Gasteiger partial charge in [-0.15, -0.1) is 0 Å². The summed E-state index contributed by atoms with van der Waals surface area (Å²) in [4.78, 5) is 10.9. The Morgan fingerprint density at radius 1 is 1.26 bits per heavy atom. The van der Waals surface area contributed by atoms with E-state index in [2.05, 4.69) is 35.5 Å². The molecule has 0 spiro atoms. The van der Waals surface area contributed by atoms with Crippen molar-refractivity contribution in [2.24, 2.45) is 0 Å². The lowest BCUT2D eigenvalue weighted by Crippen LogP contribution is -2.19. The number of carbonyl (C=O) groups is 1. The van der Waals surface area contributed by atoms with Gasteiger partial charge >= 0.3 is 0 Å². The monoisotopic (exact) mass is 257 g/mol. The molecule has 1 aromatic heterocycles. The summed E-state index contributed by atoms with van der Waals surface area (Å²) in [6.07, 6.45) is 0. The number of nitrogens with zero attached hydrogens (tertiary/aromatic N) is 2. The van der Waals surface area contributed by atoms with Gasteiger partial charge in [0.25, 0.3) is 0 Å². The van der Waals surface area contributed by atoms with Gasteiger partial charge in [0, 0.05) is 19.2 Å². The van der Waals surface area contributed by atoms with Crippen molar-refractivity contribution in [1.29, 1.82) is 0 Å². The molecule has 0 aliphatic heterocycles. The second-order valence-corrected chi connectivity index (χ2v) is 4.81. The van der Waals surface area contributed by atoms with Crippen LogP contribution in [-0.4, -0.2) is 15.7 Å². The van der Waals surface area contributed by atoms with E-state index in [1.807, 2.05) is 23.7 Å². The predicted octanol–water partition coefficient (Wildman–Crippen LogP) is 2.18. The Labute approximate surface area is 113 Å². The number of benzene rings is 1. The zero-order valence-corrected chi connectivity index (χ0v) is 11.6. The van der Waals surface area contributed by atoms with Gasteiger partial charge in [0.2, 0.25) is 5.91 Å². The third-order valence-corrected chi connectivity index (χ3v) is 2.97. The summed E-state index contributed by atoms with van der Waals surface area (Å²) >= 11 is 0. The van der Waals surface area contributed by atoms with E-state index < -0.39 is 0 Å². The largest absolute Gasteiger partial charge is 0.352 e. The molecule has 1 aromatic carbocycles. The highest BCUT2D eigenvalue weighted by Gasteiger charge is 2.03. The van der Waals surface area contributed by atoms with Crippen LogP contribution in [0.25, 0.3) is 0 Å². The average Bonchev–Trinajstić information content (AvgIpc) is 2.66. The number of hydrogen-bond donors (Lipinski definition) is 1. The first-order chi connectivity index (χ1) is 9.04. The smallest absolute Gasteiger partial charge is 0.217 e. The minimum atomic E-state index is -0.0102. The summed E-state index contributed by atoms with van der Waals surface area (Å²) in [6, 6.07) is 10.3. The Kier molecular flexibility index (Phi) is 4.00. The Morgan fingerprint density at radius 3 is 2.63 bits per heavy atom. The van der Waals surface area contributed by atoms with E-state index >= 15 is 0 Å². The molecule has 0 radical (unpaired) electrons. The average molecular weight is 257 g/mol. The Morgan fingerprint density at radius 2 is 2.00 bits per heavy atom. The fourth-order valence-corrected chi connectivity index (χ4v) is 2.07. The van der Waals surface area contributed by atoms with Crippen molar-refractivity contribution in [3.63, 3.8) is 0 Å². The molecule has 0 bridgehead atoms. The number of aromatic nitrogens is 2. The molecule has 0 fully saturated rings. The van der Waals surface area contributed by atoms with Crippen molar-refractivity contribution in [2.45, 2.75) is 33.9 Å². The van der Waals surface area contributed by atoms with E-state index in [0.29, 0.717) is 6.54 Å². The van der Waals surface area contributed by atoms with Crippen LogP contribution in [0.3, 0.4) is 0 Å². The molecule has 0 aliphatic carbocycles. The lowest BCUT2D eigenvalue weighted by atomic mass is 10.1. The first-order valence-corrected chi connectivity index (χ1v) is 6.38. The van der Waals surface area contributed by atoms with Crippen LogP contribution in [0, 0.1) is 13.8 Å². The molecule has 100 valence electrons. The maximum Gasteiger partial charge on any atom is 0.217 e. The van der Waals surface area contributed by atoms with Crippen LogP contribution in [0.5, 0.6) is 0 Å². The standard InChI is InChI=1S/C15H19N3O/c1-11-7-12(2)18(17-11)10-15-6-4-5-14(8-15)9-16-13(3)19/h4-8H,9-10H2,1-3H3,(H,16,19). The molecule has 2 aromatic rings. The van der Waals surface area contributed by atoms with Gasteiger partial charge in [0.1, 0.15) is 0 Å². The number of carbonyl (C=O) groups excluding carboxylic acids is 1. The van der Waals surface area contributed by atoms with E-state index in [9.17, 15) is 4.79 Å². The minimum Gasteiger partial charge on any atom is -0.352 e. The summed E-state index contributed by atoms with van der Waals surface area (Å²) in [7, 11) is 0. The fourth-order valence-electron chi connectivity index (χ4n) is 2.07. The SMILES string of the molecule is CC(=O)NCc1cccc(Cn2nc(C)cc2C)c1. The number of nitrogens with one attached hydrogen (secondary N) is 1. The molecule has 0 saturated heterocycles. The maximum atomic E-state index is 10.9. The van der Waals surface area contributed by atoms with E-state index in [1.165, 1.54) is 12.5 Å². The van der Waals surface area contributed by atoms with E-state index in [4.69, 9.17) is 0 Å². The molecule has 0 unspecified atom stereocenters. The normalized spacial score (nSPS) is 10.5. The predicted molar refractivity (Wildman–Crippen MR) is 74.8 cm³/mol. The van der Waals surface area contributed by atoms with Crippen molar-refractivity contribution in [3.8, 4) is 0 Å². The molecule has 2 rings (SSSR count). The molecule has 0 aliphatic rings. The molecule has 4 heteroatoms. The third-order valence-electron chi connectivity index (χ3n) is 2.97. The van der Waals surface area contributed by atoms with Crippen LogP contribution in [0.1, 0.15) is 29.4 Å². The van der Waals surface area contributed by atoms with Gasteiger partial charge in [0.05, 0.1) is 12.2 Å². The van der Waals surface area contributed by atoms with Gasteiger partial charge in [0.15, 0.2) is 0 Å². The lowest BCUT2D eigenvalue weighted by molar-refractivity contribution is -0.119. The van der Waals surface area contributed by atoms with Crippen molar-refractivity contribution >= 4 is 5.91 Å². The second kappa shape index (κ2) is 5.69. The maximum absolute atomic E-state index is 10.9. The first-order valence-electron chi connectivity index (χ1n) is 6.38. The second-order valence-electron chi connectivity index (χ2n) is 4.81. The molecule has 1 N–H and O–H groups in total. The summed E-state index contributed by atoms with van der Waals surface area (Å²) in [5.74, 6) is -0.0102. The van der Waals surface area contributed by atoms with Crippen LogP contribution in [-0.2, 0) is 17.9 Å². The molecular formula is C15H19N3O. The molecule has 19 heavy (non-hydrogen) atoms. The summed E-state index contributed by atoms with van der Waals surface area (Å²) < 4.78 is 1.99. The highest BCUT2D eigenvalue weighted by atomic mass is 16.1. The topological polar surface area (TPSA) is 46.9 Å². The van der Waals surface area contributed by atoms with E-state index in [0.717, 1.165) is 23.5 Å². The van der Waals surface area contributed by atoms with Gasteiger partial charge in [-0.3, -0.25) is 9.48 Å². The van der Waals surface area contributed by atoms with Gasteiger partial charge < -0.3 is 5.32 Å². The van der Waals surface area contributed by atoms with Gasteiger partial charge in [-0.25, -0.2) is 0 Å². The minimum absolute atomic E-state index is 0.0102. The lowest BCUT2D eigenvalue weighted by Gasteiger charge is -2.07. The number of rotatable bonds is 4. The highest BCUT2D eigenvalue weighted by Crippen LogP contribution is 2.09. The van der Waals surface area contributed by atoms with Crippen LogP contribution >= 0.6 is 0 Å². The number of hydrogen-bond acceptors (Lipinski definition) is 2. The first kappa shape index (κ1) is 13.3. The molecule has 0 atom stereocenters. The van der Waals surface area contributed by atoms with E-state index in [1.54, 1.807) is 0 Å². The highest BCUT2D eigenvalue weighted by molar-refractivity contribution is 5.72. The van der Waals surface area contributed by atoms with E-state index in [-0.39, 0.29) is 5.91 Å². The third kappa shape index (κ3) is 3.68. The van der Waals surface area contributed by atoms with Crippen LogP contribution in [0.15, 0.2) is 30.3 Å². The van der Waals surface area contributed by atoms with Gasteiger partial charge in [-0.2, -0.15) is 5.10 Å². The fraction of sp³-hybridized carbons (Fsp3) is 0.333.